The quantitative estimate of drug-likeness (QED) is 0.708. The van der Waals surface area contributed by atoms with Gasteiger partial charge in [0.25, 0.3) is 0 Å². The average Bonchev–Trinajstić information content (AvgIpc) is 2.63. The minimum Gasteiger partial charge on any atom is -0.393 e. The Kier molecular flexibility index (Phi) is 5.99. The zero-order chi connectivity index (χ0) is 12.9. The summed E-state index contributed by atoms with van der Waals surface area (Å²) in [6.07, 6.45) is 10.1. The summed E-state index contributed by atoms with van der Waals surface area (Å²) < 4.78 is 0. The van der Waals surface area contributed by atoms with Crippen molar-refractivity contribution in [3.05, 3.63) is 0 Å². The molecule has 2 atom stereocenters. The van der Waals surface area contributed by atoms with E-state index in [-0.39, 0.29) is 6.10 Å². The minimum absolute atomic E-state index is 0.0621. The van der Waals surface area contributed by atoms with Gasteiger partial charge in [0.2, 0.25) is 0 Å². The molecule has 1 N–H and O–H groups in total. The molecule has 102 valence electrons. The second kappa shape index (κ2) is 6.78. The van der Waals surface area contributed by atoms with E-state index in [1.54, 1.807) is 0 Å². The Morgan fingerprint density at radius 1 is 1.18 bits per heavy atom. The standard InChI is InChI=1S/C16H32O/c1-13(12-16(2,3)4)11-15(17)10-9-14-7-5-6-8-14/h13-15,17H,5-12H2,1-4H3. The second-order valence-corrected chi connectivity index (χ2v) is 7.49. The van der Waals surface area contributed by atoms with Gasteiger partial charge in [0, 0.05) is 0 Å². The lowest BCUT2D eigenvalue weighted by molar-refractivity contribution is 0.117. The monoisotopic (exact) mass is 240 g/mol. The summed E-state index contributed by atoms with van der Waals surface area (Å²) in [7, 11) is 0. The summed E-state index contributed by atoms with van der Waals surface area (Å²) in [5.41, 5.74) is 0.393. The first-order valence-electron chi connectivity index (χ1n) is 7.55. The van der Waals surface area contributed by atoms with Crippen molar-refractivity contribution in [2.75, 3.05) is 0 Å². The molecule has 1 fully saturated rings. The first kappa shape index (κ1) is 15.0. The molecule has 0 aromatic carbocycles. The van der Waals surface area contributed by atoms with Crippen LogP contribution in [0.2, 0.25) is 0 Å². The first-order chi connectivity index (χ1) is 7.87. The third kappa shape index (κ3) is 7.08. The van der Waals surface area contributed by atoms with Gasteiger partial charge in [0.05, 0.1) is 6.10 Å². The van der Waals surface area contributed by atoms with Crippen LogP contribution in [-0.2, 0) is 0 Å². The molecule has 17 heavy (non-hydrogen) atoms. The van der Waals surface area contributed by atoms with Crippen molar-refractivity contribution < 1.29 is 5.11 Å². The van der Waals surface area contributed by atoms with E-state index in [4.69, 9.17) is 0 Å². The molecule has 0 heterocycles. The predicted octanol–water partition coefficient (Wildman–Crippen LogP) is 4.78. The van der Waals surface area contributed by atoms with E-state index in [1.807, 2.05) is 0 Å². The summed E-state index contributed by atoms with van der Waals surface area (Å²) in [5, 5.41) is 10.1. The van der Waals surface area contributed by atoms with Crippen molar-refractivity contribution >= 4 is 0 Å². The van der Waals surface area contributed by atoms with Crippen molar-refractivity contribution in [2.24, 2.45) is 17.3 Å². The number of aliphatic hydroxyl groups excluding tert-OH is 1. The Balaban J connectivity index is 2.12. The molecule has 0 spiro atoms. The number of hydrogen-bond acceptors (Lipinski definition) is 1. The molecular weight excluding hydrogens is 208 g/mol. The summed E-state index contributed by atoms with van der Waals surface area (Å²) in [6.45, 7) is 9.14. The van der Waals surface area contributed by atoms with E-state index < -0.39 is 0 Å². The molecule has 0 bridgehead atoms. The van der Waals surface area contributed by atoms with Crippen molar-refractivity contribution in [2.45, 2.75) is 85.2 Å². The van der Waals surface area contributed by atoms with Gasteiger partial charge in [-0.25, -0.2) is 0 Å². The molecule has 1 aliphatic carbocycles. The highest BCUT2D eigenvalue weighted by Crippen LogP contribution is 2.31. The molecule has 0 saturated heterocycles. The van der Waals surface area contributed by atoms with Gasteiger partial charge in [-0.2, -0.15) is 0 Å². The maximum atomic E-state index is 10.1. The third-order valence-electron chi connectivity index (χ3n) is 4.02. The highest BCUT2D eigenvalue weighted by Gasteiger charge is 2.20. The predicted molar refractivity (Wildman–Crippen MR) is 75.1 cm³/mol. The Labute approximate surface area is 108 Å². The van der Waals surface area contributed by atoms with Gasteiger partial charge in [0.1, 0.15) is 0 Å². The lowest BCUT2D eigenvalue weighted by atomic mass is 9.82. The molecule has 1 rings (SSSR count). The molecule has 0 aromatic rings. The zero-order valence-corrected chi connectivity index (χ0v) is 12.3. The third-order valence-corrected chi connectivity index (χ3v) is 4.02. The summed E-state index contributed by atoms with van der Waals surface area (Å²) in [6, 6.07) is 0. The fraction of sp³-hybridized carbons (Fsp3) is 1.00. The fourth-order valence-electron chi connectivity index (χ4n) is 3.44. The van der Waals surface area contributed by atoms with Crippen LogP contribution in [0.3, 0.4) is 0 Å². The Morgan fingerprint density at radius 3 is 2.29 bits per heavy atom. The number of rotatable bonds is 6. The van der Waals surface area contributed by atoms with E-state index in [1.165, 1.54) is 38.5 Å². The first-order valence-corrected chi connectivity index (χ1v) is 7.55. The molecule has 1 aliphatic rings. The molecule has 0 aliphatic heterocycles. The maximum absolute atomic E-state index is 10.1. The van der Waals surface area contributed by atoms with Crippen molar-refractivity contribution in [3.8, 4) is 0 Å². The highest BCUT2D eigenvalue weighted by atomic mass is 16.3. The van der Waals surface area contributed by atoms with E-state index in [2.05, 4.69) is 27.7 Å². The van der Waals surface area contributed by atoms with Gasteiger partial charge in [-0.3, -0.25) is 0 Å². The van der Waals surface area contributed by atoms with Gasteiger partial charge < -0.3 is 5.11 Å². The Morgan fingerprint density at radius 2 is 1.76 bits per heavy atom. The summed E-state index contributed by atoms with van der Waals surface area (Å²) in [5.74, 6) is 1.57. The van der Waals surface area contributed by atoms with Crippen LogP contribution in [0.25, 0.3) is 0 Å². The molecule has 1 heteroatoms. The summed E-state index contributed by atoms with van der Waals surface area (Å²) >= 11 is 0. The van der Waals surface area contributed by atoms with Crippen LogP contribution in [0, 0.1) is 17.3 Å². The molecule has 2 unspecified atom stereocenters. The largest absolute Gasteiger partial charge is 0.393 e. The van der Waals surface area contributed by atoms with Gasteiger partial charge >= 0.3 is 0 Å². The smallest absolute Gasteiger partial charge is 0.0542 e. The molecular formula is C16H32O. The number of hydrogen-bond donors (Lipinski definition) is 1. The van der Waals surface area contributed by atoms with E-state index >= 15 is 0 Å². The summed E-state index contributed by atoms with van der Waals surface area (Å²) in [4.78, 5) is 0. The molecule has 0 aromatic heterocycles. The van der Waals surface area contributed by atoms with Gasteiger partial charge in [-0.15, -0.1) is 0 Å². The normalized spacial score (nSPS) is 21.7. The Hall–Kier alpha value is -0.0400. The zero-order valence-electron chi connectivity index (χ0n) is 12.3. The van der Waals surface area contributed by atoms with Crippen LogP contribution in [-0.4, -0.2) is 11.2 Å². The van der Waals surface area contributed by atoms with Crippen LogP contribution >= 0.6 is 0 Å². The maximum Gasteiger partial charge on any atom is 0.0542 e. The topological polar surface area (TPSA) is 20.2 Å². The molecule has 1 saturated carbocycles. The van der Waals surface area contributed by atoms with Gasteiger partial charge in [-0.1, -0.05) is 53.4 Å². The van der Waals surface area contributed by atoms with Crippen molar-refractivity contribution in [1.29, 1.82) is 0 Å². The van der Waals surface area contributed by atoms with Crippen LogP contribution in [0.4, 0.5) is 0 Å². The van der Waals surface area contributed by atoms with Crippen molar-refractivity contribution in [1.82, 2.24) is 0 Å². The number of aliphatic hydroxyl groups is 1. The van der Waals surface area contributed by atoms with Gasteiger partial charge in [-0.05, 0) is 42.9 Å². The van der Waals surface area contributed by atoms with Crippen LogP contribution in [0.15, 0.2) is 0 Å². The van der Waals surface area contributed by atoms with Crippen molar-refractivity contribution in [3.63, 3.8) is 0 Å². The van der Waals surface area contributed by atoms with Crippen LogP contribution in [0.1, 0.15) is 79.1 Å². The van der Waals surface area contributed by atoms with E-state index in [0.717, 1.165) is 18.8 Å². The Bertz CT molecular complexity index is 198. The lowest BCUT2D eigenvalue weighted by Gasteiger charge is -2.25. The van der Waals surface area contributed by atoms with E-state index in [0.29, 0.717) is 11.3 Å². The molecule has 0 radical (unpaired) electrons. The fourth-order valence-corrected chi connectivity index (χ4v) is 3.44. The minimum atomic E-state index is -0.0621. The van der Waals surface area contributed by atoms with Gasteiger partial charge in [0.15, 0.2) is 0 Å². The van der Waals surface area contributed by atoms with Crippen LogP contribution < -0.4 is 0 Å². The lowest BCUT2D eigenvalue weighted by Crippen LogP contribution is -2.17. The SMILES string of the molecule is CC(CC(O)CCC1CCCC1)CC(C)(C)C. The molecule has 0 amide bonds. The van der Waals surface area contributed by atoms with Crippen LogP contribution in [0.5, 0.6) is 0 Å². The average molecular weight is 240 g/mol. The highest BCUT2D eigenvalue weighted by molar-refractivity contribution is 4.72. The van der Waals surface area contributed by atoms with E-state index in [9.17, 15) is 5.11 Å². The second-order valence-electron chi connectivity index (χ2n) is 7.49. The molecule has 1 nitrogen and oxygen atoms in total.